The molecule has 170 valence electrons. The van der Waals surface area contributed by atoms with Gasteiger partial charge in [-0.1, -0.05) is 87.4 Å². The standard InChI is InChI=1S/C26H33N3O3/c1-4-16-26(17-5-2)23(31)29(24(32)28-26)18-22(30)27-19-25(3,20-12-8-6-9-13-20)21-14-10-7-11-15-21/h6-15H,4-5,16-19H2,1-3H3,(H,27,30)(H,28,32). The molecule has 32 heavy (non-hydrogen) atoms. The molecule has 0 aliphatic carbocycles. The average Bonchev–Trinajstić information content (AvgIpc) is 3.03. The van der Waals surface area contributed by atoms with Crippen LogP contribution >= 0.6 is 0 Å². The zero-order valence-corrected chi connectivity index (χ0v) is 19.2. The largest absolute Gasteiger partial charge is 0.353 e. The highest BCUT2D eigenvalue weighted by atomic mass is 16.2. The fraction of sp³-hybridized carbons (Fsp3) is 0.423. The van der Waals surface area contributed by atoms with Crippen molar-refractivity contribution in [2.75, 3.05) is 13.1 Å². The molecule has 1 fully saturated rings. The summed E-state index contributed by atoms with van der Waals surface area (Å²) in [4.78, 5) is 39.5. The molecule has 0 saturated carbocycles. The van der Waals surface area contributed by atoms with E-state index in [1.165, 1.54) is 0 Å². The lowest BCUT2D eigenvalue weighted by atomic mass is 9.76. The monoisotopic (exact) mass is 435 g/mol. The Hall–Kier alpha value is -3.15. The van der Waals surface area contributed by atoms with Crippen LogP contribution in [0.1, 0.15) is 57.6 Å². The van der Waals surface area contributed by atoms with Crippen LogP contribution in [0, 0.1) is 0 Å². The first-order valence-electron chi connectivity index (χ1n) is 11.4. The second-order valence-electron chi connectivity index (χ2n) is 8.74. The molecule has 6 nitrogen and oxygen atoms in total. The number of urea groups is 1. The molecular weight excluding hydrogens is 402 g/mol. The van der Waals surface area contributed by atoms with Crippen molar-refractivity contribution >= 4 is 17.8 Å². The van der Waals surface area contributed by atoms with Gasteiger partial charge < -0.3 is 10.6 Å². The number of nitrogens with zero attached hydrogens (tertiary/aromatic N) is 1. The summed E-state index contributed by atoms with van der Waals surface area (Å²) in [6.07, 6.45) is 2.70. The third-order valence-electron chi connectivity index (χ3n) is 6.36. The number of imide groups is 1. The average molecular weight is 436 g/mol. The van der Waals surface area contributed by atoms with Crippen molar-refractivity contribution in [3.05, 3.63) is 71.8 Å². The SMILES string of the molecule is CCCC1(CCC)NC(=O)N(CC(=O)NCC(C)(c2ccccc2)c2ccccc2)C1=O. The van der Waals surface area contributed by atoms with Gasteiger partial charge in [-0.3, -0.25) is 14.5 Å². The summed E-state index contributed by atoms with van der Waals surface area (Å²) in [6.45, 7) is 6.12. The Balaban J connectivity index is 1.74. The third-order valence-corrected chi connectivity index (χ3v) is 6.36. The Morgan fingerprint density at radius 2 is 1.44 bits per heavy atom. The topological polar surface area (TPSA) is 78.5 Å². The van der Waals surface area contributed by atoms with Crippen molar-refractivity contribution < 1.29 is 14.4 Å². The summed E-state index contributed by atoms with van der Waals surface area (Å²) < 4.78 is 0. The predicted molar refractivity (Wildman–Crippen MR) is 125 cm³/mol. The van der Waals surface area contributed by atoms with E-state index >= 15 is 0 Å². The summed E-state index contributed by atoms with van der Waals surface area (Å²) in [5.74, 6) is -0.648. The van der Waals surface area contributed by atoms with Gasteiger partial charge in [-0.15, -0.1) is 0 Å². The van der Waals surface area contributed by atoms with Crippen LogP contribution in [0.3, 0.4) is 0 Å². The Morgan fingerprint density at radius 1 is 0.938 bits per heavy atom. The normalized spacial score (nSPS) is 15.5. The lowest BCUT2D eigenvalue weighted by molar-refractivity contribution is -0.135. The van der Waals surface area contributed by atoms with Crippen LogP contribution in [0.5, 0.6) is 0 Å². The van der Waals surface area contributed by atoms with Gasteiger partial charge in [-0.25, -0.2) is 4.79 Å². The Labute approximate surface area is 190 Å². The van der Waals surface area contributed by atoms with Crippen LogP contribution in [0.15, 0.2) is 60.7 Å². The van der Waals surface area contributed by atoms with Crippen LogP contribution in [-0.2, 0) is 15.0 Å². The highest BCUT2D eigenvalue weighted by Gasteiger charge is 2.50. The summed E-state index contributed by atoms with van der Waals surface area (Å²) in [5, 5.41) is 5.82. The smallest absolute Gasteiger partial charge is 0.325 e. The molecule has 2 aromatic carbocycles. The molecule has 0 spiro atoms. The third kappa shape index (κ3) is 4.69. The van der Waals surface area contributed by atoms with E-state index in [-0.39, 0.29) is 18.4 Å². The van der Waals surface area contributed by atoms with Crippen LogP contribution < -0.4 is 10.6 Å². The molecule has 0 bridgehead atoms. The number of amides is 4. The molecule has 2 N–H and O–H groups in total. The van der Waals surface area contributed by atoms with E-state index in [0.29, 0.717) is 19.4 Å². The molecule has 0 unspecified atom stereocenters. The minimum absolute atomic E-state index is 0.278. The summed E-state index contributed by atoms with van der Waals surface area (Å²) in [5.41, 5.74) is 0.811. The maximum absolute atomic E-state index is 13.1. The zero-order valence-electron chi connectivity index (χ0n) is 19.2. The van der Waals surface area contributed by atoms with E-state index in [4.69, 9.17) is 0 Å². The maximum Gasteiger partial charge on any atom is 0.325 e. The number of carbonyl (C=O) groups excluding carboxylic acids is 3. The van der Waals surface area contributed by atoms with Crippen molar-refractivity contribution in [2.24, 2.45) is 0 Å². The van der Waals surface area contributed by atoms with Gasteiger partial charge in [0.15, 0.2) is 0 Å². The number of nitrogens with one attached hydrogen (secondary N) is 2. The lowest BCUT2D eigenvalue weighted by Gasteiger charge is -2.31. The van der Waals surface area contributed by atoms with Crippen molar-refractivity contribution in [1.82, 2.24) is 15.5 Å². The predicted octanol–water partition coefficient (Wildman–Crippen LogP) is 4.00. The number of benzene rings is 2. The van der Waals surface area contributed by atoms with E-state index < -0.39 is 17.0 Å². The van der Waals surface area contributed by atoms with Crippen LogP contribution in [0.25, 0.3) is 0 Å². The molecule has 0 radical (unpaired) electrons. The molecule has 3 rings (SSSR count). The fourth-order valence-electron chi connectivity index (χ4n) is 4.59. The van der Waals surface area contributed by atoms with Crippen LogP contribution in [0.2, 0.25) is 0 Å². The molecule has 0 aromatic heterocycles. The van der Waals surface area contributed by atoms with Crippen LogP contribution in [-0.4, -0.2) is 41.4 Å². The van der Waals surface area contributed by atoms with Gasteiger partial charge in [0.2, 0.25) is 5.91 Å². The van der Waals surface area contributed by atoms with E-state index in [9.17, 15) is 14.4 Å². The van der Waals surface area contributed by atoms with Gasteiger partial charge in [0, 0.05) is 12.0 Å². The fourth-order valence-corrected chi connectivity index (χ4v) is 4.59. The molecule has 4 amide bonds. The molecule has 1 aliphatic rings. The summed E-state index contributed by atoms with van der Waals surface area (Å²) >= 11 is 0. The zero-order chi connectivity index (χ0) is 23.2. The highest BCUT2D eigenvalue weighted by Crippen LogP contribution is 2.31. The van der Waals surface area contributed by atoms with Crippen molar-refractivity contribution in [3.8, 4) is 0 Å². The van der Waals surface area contributed by atoms with Gasteiger partial charge in [0.1, 0.15) is 12.1 Å². The Bertz CT molecular complexity index is 898. The number of hydrogen-bond donors (Lipinski definition) is 2. The van der Waals surface area contributed by atoms with Gasteiger partial charge in [0.25, 0.3) is 5.91 Å². The van der Waals surface area contributed by atoms with Gasteiger partial charge in [0.05, 0.1) is 0 Å². The first-order valence-corrected chi connectivity index (χ1v) is 11.4. The van der Waals surface area contributed by atoms with Crippen molar-refractivity contribution in [2.45, 2.75) is 57.4 Å². The number of hydrogen-bond acceptors (Lipinski definition) is 3. The molecule has 0 atom stereocenters. The van der Waals surface area contributed by atoms with Gasteiger partial charge >= 0.3 is 6.03 Å². The minimum atomic E-state index is -0.885. The second-order valence-corrected chi connectivity index (χ2v) is 8.74. The molecule has 1 heterocycles. The van der Waals surface area contributed by atoms with E-state index in [2.05, 4.69) is 17.6 Å². The molecule has 1 saturated heterocycles. The molecule has 2 aromatic rings. The molecule has 6 heteroatoms. The van der Waals surface area contributed by atoms with E-state index in [0.717, 1.165) is 28.9 Å². The van der Waals surface area contributed by atoms with Crippen LogP contribution in [0.4, 0.5) is 4.79 Å². The summed E-state index contributed by atoms with van der Waals surface area (Å²) in [7, 11) is 0. The quantitative estimate of drug-likeness (QED) is 0.554. The minimum Gasteiger partial charge on any atom is -0.353 e. The first kappa shape index (κ1) is 23.5. The second kappa shape index (κ2) is 9.98. The summed E-state index contributed by atoms with van der Waals surface area (Å²) in [6, 6.07) is 19.5. The first-order chi connectivity index (χ1) is 15.4. The van der Waals surface area contributed by atoms with E-state index in [1.54, 1.807) is 0 Å². The molecule has 1 aliphatic heterocycles. The number of carbonyl (C=O) groups is 3. The molecular formula is C26H33N3O3. The van der Waals surface area contributed by atoms with Crippen molar-refractivity contribution in [3.63, 3.8) is 0 Å². The lowest BCUT2D eigenvalue weighted by Crippen LogP contribution is -2.48. The maximum atomic E-state index is 13.1. The Morgan fingerprint density at radius 3 is 1.91 bits per heavy atom. The van der Waals surface area contributed by atoms with Crippen molar-refractivity contribution in [1.29, 1.82) is 0 Å². The Kier molecular flexibility index (Phi) is 7.33. The van der Waals surface area contributed by atoms with Gasteiger partial charge in [-0.05, 0) is 30.9 Å². The van der Waals surface area contributed by atoms with E-state index in [1.807, 2.05) is 74.5 Å². The van der Waals surface area contributed by atoms with Gasteiger partial charge in [-0.2, -0.15) is 0 Å². The highest BCUT2D eigenvalue weighted by molar-refractivity contribution is 6.09. The number of rotatable bonds is 10.